The van der Waals surface area contributed by atoms with Crippen molar-refractivity contribution in [1.82, 2.24) is 9.55 Å². The maximum Gasteiger partial charge on any atom is 0.328 e. The number of hydrogen-bond acceptors (Lipinski definition) is 4. The number of carbonyl (C=O) groups excluding carboxylic acids is 1. The van der Waals surface area contributed by atoms with E-state index in [1.165, 1.54) is 13.3 Å². The van der Waals surface area contributed by atoms with Gasteiger partial charge in [0, 0.05) is 12.3 Å². The highest BCUT2D eigenvalue weighted by atomic mass is 16.5. The van der Waals surface area contributed by atoms with Crippen molar-refractivity contribution in [1.29, 1.82) is 0 Å². The number of nitrogens with one attached hydrogen (secondary N) is 1. The fourth-order valence-corrected chi connectivity index (χ4v) is 0.796. The van der Waals surface area contributed by atoms with E-state index in [2.05, 4.69) is 9.72 Å². The first-order chi connectivity index (χ1) is 6.15. The van der Waals surface area contributed by atoms with Crippen LogP contribution in [0.5, 0.6) is 0 Å². The van der Waals surface area contributed by atoms with Gasteiger partial charge >= 0.3 is 11.7 Å². The maximum atomic E-state index is 11.0. The Labute approximate surface area is 72.8 Å². The molecule has 0 aliphatic rings. The maximum absolute atomic E-state index is 11.0. The number of hydrogen-bond donors (Lipinski definition) is 1. The summed E-state index contributed by atoms with van der Waals surface area (Å²) in [5.41, 5.74) is -1.16. The lowest BCUT2D eigenvalue weighted by atomic mass is 10.5. The van der Waals surface area contributed by atoms with Crippen LogP contribution in [-0.4, -0.2) is 22.6 Å². The topological polar surface area (TPSA) is 81.2 Å². The Bertz CT molecular complexity index is 389. The molecular weight excluding hydrogens is 176 g/mol. The molecule has 6 heteroatoms. The van der Waals surface area contributed by atoms with Crippen molar-refractivity contribution in [3.8, 4) is 0 Å². The monoisotopic (exact) mass is 184 g/mol. The number of nitrogens with zero attached hydrogens (tertiary/aromatic N) is 1. The van der Waals surface area contributed by atoms with E-state index in [0.29, 0.717) is 0 Å². The molecule has 0 saturated heterocycles. The first-order valence-corrected chi connectivity index (χ1v) is 3.50. The summed E-state index contributed by atoms with van der Waals surface area (Å²) in [7, 11) is 1.19. The largest absolute Gasteiger partial charge is 0.468 e. The molecule has 0 bridgehead atoms. The first-order valence-electron chi connectivity index (χ1n) is 3.50. The first kappa shape index (κ1) is 9.24. The van der Waals surface area contributed by atoms with Crippen LogP contribution in [0.1, 0.15) is 0 Å². The van der Waals surface area contributed by atoms with Crippen molar-refractivity contribution in [2.45, 2.75) is 6.54 Å². The van der Waals surface area contributed by atoms with E-state index in [1.807, 2.05) is 0 Å². The summed E-state index contributed by atoms with van der Waals surface area (Å²) in [5, 5.41) is 0. The van der Waals surface area contributed by atoms with E-state index in [-0.39, 0.29) is 6.54 Å². The van der Waals surface area contributed by atoms with Crippen LogP contribution in [-0.2, 0) is 16.1 Å². The standard InChI is InChI=1S/C7H8N2O4/c1-13-6(11)4-9-5(10)2-3-8-7(9)12/h2-3H,4H2,1H3,(H,8,12). The molecule has 0 saturated carbocycles. The van der Waals surface area contributed by atoms with Crippen LogP contribution in [0.3, 0.4) is 0 Å². The summed E-state index contributed by atoms with van der Waals surface area (Å²) in [6, 6.07) is 1.16. The zero-order chi connectivity index (χ0) is 9.84. The number of methoxy groups -OCH3 is 1. The second-order valence-electron chi connectivity index (χ2n) is 2.28. The summed E-state index contributed by atoms with van der Waals surface area (Å²) >= 11 is 0. The van der Waals surface area contributed by atoms with Crippen LogP contribution in [0.25, 0.3) is 0 Å². The Morgan fingerprint density at radius 1 is 1.62 bits per heavy atom. The Balaban J connectivity index is 3.08. The van der Waals surface area contributed by atoms with Gasteiger partial charge in [-0.15, -0.1) is 0 Å². The second kappa shape index (κ2) is 3.70. The smallest absolute Gasteiger partial charge is 0.328 e. The molecule has 13 heavy (non-hydrogen) atoms. The molecule has 1 N–H and O–H groups in total. The Hall–Kier alpha value is -1.85. The third-order valence-electron chi connectivity index (χ3n) is 1.46. The van der Waals surface area contributed by atoms with Crippen LogP contribution < -0.4 is 11.2 Å². The van der Waals surface area contributed by atoms with E-state index >= 15 is 0 Å². The third kappa shape index (κ3) is 2.05. The lowest BCUT2D eigenvalue weighted by Crippen LogP contribution is -2.36. The summed E-state index contributed by atoms with van der Waals surface area (Å²) in [6.45, 7) is -0.370. The van der Waals surface area contributed by atoms with Gasteiger partial charge < -0.3 is 9.72 Å². The molecule has 0 aromatic carbocycles. The Morgan fingerprint density at radius 3 is 2.85 bits per heavy atom. The van der Waals surface area contributed by atoms with E-state index in [4.69, 9.17) is 0 Å². The molecule has 0 spiro atoms. The van der Waals surface area contributed by atoms with Gasteiger partial charge in [0.05, 0.1) is 7.11 Å². The lowest BCUT2D eigenvalue weighted by Gasteiger charge is -2.00. The predicted octanol–water partition coefficient (Wildman–Crippen LogP) is -1.29. The Kier molecular flexibility index (Phi) is 2.63. The van der Waals surface area contributed by atoms with Crippen molar-refractivity contribution >= 4 is 5.97 Å². The van der Waals surface area contributed by atoms with Crippen molar-refractivity contribution in [3.05, 3.63) is 33.1 Å². The number of carbonyl (C=O) groups is 1. The molecule has 0 atom stereocenters. The second-order valence-corrected chi connectivity index (χ2v) is 2.28. The number of ether oxygens (including phenoxy) is 1. The van der Waals surface area contributed by atoms with Gasteiger partial charge in [0.15, 0.2) is 0 Å². The van der Waals surface area contributed by atoms with Gasteiger partial charge in [-0.1, -0.05) is 0 Å². The molecule has 0 fully saturated rings. The van der Waals surface area contributed by atoms with Crippen molar-refractivity contribution in [2.75, 3.05) is 7.11 Å². The number of esters is 1. The SMILES string of the molecule is COC(=O)Cn1c(=O)cc[nH]c1=O. The van der Waals surface area contributed by atoms with Gasteiger partial charge in [0.1, 0.15) is 6.54 Å². The fraction of sp³-hybridized carbons (Fsp3) is 0.286. The van der Waals surface area contributed by atoms with Gasteiger partial charge in [-0.2, -0.15) is 0 Å². The minimum Gasteiger partial charge on any atom is -0.468 e. The molecule has 0 unspecified atom stereocenters. The minimum absolute atomic E-state index is 0.370. The minimum atomic E-state index is -0.640. The van der Waals surface area contributed by atoms with Crippen molar-refractivity contribution in [2.24, 2.45) is 0 Å². The lowest BCUT2D eigenvalue weighted by molar-refractivity contribution is -0.141. The van der Waals surface area contributed by atoms with E-state index in [0.717, 1.165) is 10.6 Å². The number of rotatable bonds is 2. The van der Waals surface area contributed by atoms with Gasteiger partial charge in [-0.3, -0.25) is 9.59 Å². The molecule has 70 valence electrons. The van der Waals surface area contributed by atoms with Crippen LogP contribution in [0.2, 0.25) is 0 Å². The average Bonchev–Trinajstić information content (AvgIpc) is 2.11. The van der Waals surface area contributed by atoms with Gasteiger partial charge in [0.2, 0.25) is 0 Å². The zero-order valence-corrected chi connectivity index (χ0v) is 6.94. The highest BCUT2D eigenvalue weighted by Crippen LogP contribution is 1.76. The number of aromatic amines is 1. The molecule has 0 aliphatic carbocycles. The van der Waals surface area contributed by atoms with Gasteiger partial charge in [0.25, 0.3) is 5.56 Å². The van der Waals surface area contributed by atoms with Crippen LogP contribution in [0.15, 0.2) is 21.9 Å². The molecule has 1 heterocycles. The quantitative estimate of drug-likeness (QED) is 0.580. The zero-order valence-electron chi connectivity index (χ0n) is 6.94. The Morgan fingerprint density at radius 2 is 2.31 bits per heavy atom. The number of H-pyrrole nitrogens is 1. The predicted molar refractivity (Wildman–Crippen MR) is 43.3 cm³/mol. The number of aromatic nitrogens is 2. The van der Waals surface area contributed by atoms with Gasteiger partial charge in [-0.05, 0) is 0 Å². The van der Waals surface area contributed by atoms with Crippen LogP contribution >= 0.6 is 0 Å². The fourth-order valence-electron chi connectivity index (χ4n) is 0.796. The molecule has 0 aliphatic heterocycles. The molecule has 0 radical (unpaired) electrons. The summed E-state index contributed by atoms with van der Waals surface area (Å²) in [6.07, 6.45) is 1.22. The molecule has 1 rings (SSSR count). The molecule has 1 aromatic heterocycles. The van der Waals surface area contributed by atoms with Crippen LogP contribution in [0.4, 0.5) is 0 Å². The molecular formula is C7H8N2O4. The third-order valence-corrected chi connectivity index (χ3v) is 1.46. The van der Waals surface area contributed by atoms with Gasteiger partial charge in [-0.25, -0.2) is 9.36 Å². The van der Waals surface area contributed by atoms with E-state index < -0.39 is 17.2 Å². The highest BCUT2D eigenvalue weighted by Gasteiger charge is 2.05. The van der Waals surface area contributed by atoms with Crippen molar-refractivity contribution in [3.63, 3.8) is 0 Å². The molecule has 1 aromatic rings. The summed E-state index contributed by atoms with van der Waals surface area (Å²) < 4.78 is 5.07. The van der Waals surface area contributed by atoms with Crippen molar-refractivity contribution < 1.29 is 9.53 Å². The molecule has 0 amide bonds. The molecule has 6 nitrogen and oxygen atoms in total. The summed E-state index contributed by atoms with van der Waals surface area (Å²) in [5.74, 6) is -0.640. The average molecular weight is 184 g/mol. The normalized spacial score (nSPS) is 9.62. The van der Waals surface area contributed by atoms with E-state index in [1.54, 1.807) is 0 Å². The van der Waals surface area contributed by atoms with E-state index in [9.17, 15) is 14.4 Å². The highest BCUT2D eigenvalue weighted by molar-refractivity contribution is 5.68. The van der Waals surface area contributed by atoms with Crippen LogP contribution in [0, 0.1) is 0 Å². The summed E-state index contributed by atoms with van der Waals surface area (Å²) in [4.78, 5) is 35.0.